The van der Waals surface area contributed by atoms with Gasteiger partial charge in [0.15, 0.2) is 21.3 Å². The van der Waals surface area contributed by atoms with E-state index in [2.05, 4.69) is 0 Å². The number of nitrogens with zero attached hydrogens (tertiary/aromatic N) is 2. The largest absolute Gasteiger partial charge is 0.480 e. The molecule has 1 N–H and O–H groups in total. The number of rotatable bonds is 3. The first kappa shape index (κ1) is 17.1. The highest BCUT2D eigenvalue weighted by molar-refractivity contribution is 7.94. The van der Waals surface area contributed by atoms with Crippen LogP contribution in [-0.2, 0) is 19.4 Å². The number of hydrogen-bond donors (Lipinski definition) is 1. The van der Waals surface area contributed by atoms with E-state index in [9.17, 15) is 33.2 Å². The fourth-order valence-corrected chi connectivity index (χ4v) is 5.33. The number of aliphatic carboxylic acids is 1. The molecule has 3 rings (SSSR count). The van der Waals surface area contributed by atoms with Gasteiger partial charge in [-0.05, 0) is 37.6 Å². The summed E-state index contributed by atoms with van der Waals surface area (Å²) in [6.07, 6.45) is 1.32. The second kappa shape index (κ2) is 5.12. The molecule has 2 aliphatic heterocycles. The van der Waals surface area contributed by atoms with Crippen LogP contribution in [0.3, 0.4) is 0 Å². The minimum absolute atomic E-state index is 0.0364. The molecule has 9 nitrogen and oxygen atoms in total. The van der Waals surface area contributed by atoms with E-state index in [0.29, 0.717) is 5.56 Å². The monoisotopic (exact) mass is 366 g/mol. The van der Waals surface area contributed by atoms with E-state index < -0.39 is 42.8 Å². The van der Waals surface area contributed by atoms with Crippen molar-refractivity contribution in [2.24, 2.45) is 0 Å². The molecule has 0 aliphatic carbocycles. The van der Waals surface area contributed by atoms with Gasteiger partial charge in [-0.3, -0.25) is 14.9 Å². The molecule has 2 fully saturated rings. The number of nitro benzene ring substituents is 1. The summed E-state index contributed by atoms with van der Waals surface area (Å²) < 4.78 is 23.8. The summed E-state index contributed by atoms with van der Waals surface area (Å²) in [4.78, 5) is 34.7. The summed E-state index contributed by atoms with van der Waals surface area (Å²) in [5.74, 6) is -2.04. The van der Waals surface area contributed by atoms with Crippen LogP contribution in [0, 0.1) is 10.1 Å². The zero-order chi connectivity index (χ0) is 18.7. The fourth-order valence-electron chi connectivity index (χ4n) is 3.21. The van der Waals surface area contributed by atoms with Crippen LogP contribution in [0.2, 0.25) is 0 Å². The standard InChI is InChI=1S/C15H14N2O7S/c1-15(2)11(14(19)20)16-12(18)10(13(16)25(15,23)24)7-8-3-5-9(6-4-8)17(21)22/h3-7,11,13H,1-2H3,(H,19,20)/b10-7-/t11-,13+/m0/s1. The number of nitro groups is 1. The van der Waals surface area contributed by atoms with Crippen LogP contribution in [-0.4, -0.2) is 51.4 Å². The normalized spacial score (nSPS) is 27.7. The van der Waals surface area contributed by atoms with E-state index in [1.165, 1.54) is 44.2 Å². The molecule has 0 unspecified atom stereocenters. The summed E-state index contributed by atoms with van der Waals surface area (Å²) in [5.41, 5.74) is 0.246. The van der Waals surface area contributed by atoms with Crippen LogP contribution in [0.15, 0.2) is 29.8 Å². The third-order valence-corrected chi connectivity index (χ3v) is 7.38. The van der Waals surface area contributed by atoms with Gasteiger partial charge >= 0.3 is 5.97 Å². The van der Waals surface area contributed by atoms with Crippen molar-refractivity contribution in [1.29, 1.82) is 0 Å². The molecule has 1 aromatic rings. The first-order valence-electron chi connectivity index (χ1n) is 7.25. The molecule has 132 valence electrons. The molecule has 0 radical (unpaired) electrons. The van der Waals surface area contributed by atoms with Crippen molar-refractivity contribution in [2.45, 2.75) is 30.0 Å². The molecular formula is C15H14N2O7S. The molecule has 2 heterocycles. The van der Waals surface area contributed by atoms with Crippen LogP contribution >= 0.6 is 0 Å². The highest BCUT2D eigenvalue weighted by atomic mass is 32.2. The average Bonchev–Trinajstić information content (AvgIpc) is 2.66. The lowest BCUT2D eigenvalue weighted by Crippen LogP contribution is -2.58. The minimum atomic E-state index is -3.94. The summed E-state index contributed by atoms with van der Waals surface area (Å²) >= 11 is 0. The number of benzene rings is 1. The number of carbonyl (C=O) groups is 2. The summed E-state index contributed by atoms with van der Waals surface area (Å²) in [5, 5.41) is 18.7. The quantitative estimate of drug-likeness (QED) is 0.362. The number of non-ortho nitro benzene ring substituents is 1. The number of sulfone groups is 1. The highest BCUT2D eigenvalue weighted by Gasteiger charge is 2.70. The van der Waals surface area contributed by atoms with Crippen LogP contribution in [0.1, 0.15) is 19.4 Å². The topological polar surface area (TPSA) is 135 Å². The number of β-lactam (4-membered cyclic amide) rings is 1. The van der Waals surface area contributed by atoms with Crippen molar-refractivity contribution in [3.63, 3.8) is 0 Å². The van der Waals surface area contributed by atoms with Crippen molar-refractivity contribution in [3.05, 3.63) is 45.5 Å². The average molecular weight is 366 g/mol. The van der Waals surface area contributed by atoms with Crippen LogP contribution in [0.5, 0.6) is 0 Å². The lowest BCUT2D eigenvalue weighted by atomic mass is 9.94. The first-order valence-corrected chi connectivity index (χ1v) is 8.79. The van der Waals surface area contributed by atoms with E-state index in [-0.39, 0.29) is 11.3 Å². The maximum atomic E-state index is 12.7. The van der Waals surface area contributed by atoms with Gasteiger partial charge in [0.05, 0.1) is 10.5 Å². The van der Waals surface area contributed by atoms with Gasteiger partial charge in [-0.25, -0.2) is 13.2 Å². The lowest BCUT2D eigenvalue weighted by molar-refractivity contribution is -0.384. The zero-order valence-corrected chi connectivity index (χ0v) is 14.1. The van der Waals surface area contributed by atoms with Crippen molar-refractivity contribution in [2.75, 3.05) is 0 Å². The maximum absolute atomic E-state index is 12.7. The van der Waals surface area contributed by atoms with E-state index >= 15 is 0 Å². The Morgan fingerprint density at radius 1 is 1.32 bits per heavy atom. The molecule has 0 bridgehead atoms. The van der Waals surface area contributed by atoms with Gasteiger partial charge in [-0.2, -0.15) is 0 Å². The van der Waals surface area contributed by atoms with Gasteiger partial charge in [0.1, 0.15) is 4.75 Å². The molecular weight excluding hydrogens is 352 g/mol. The molecule has 2 aliphatic rings. The molecule has 2 saturated heterocycles. The molecule has 25 heavy (non-hydrogen) atoms. The van der Waals surface area contributed by atoms with Crippen molar-refractivity contribution in [3.8, 4) is 0 Å². The Balaban J connectivity index is 2.03. The highest BCUT2D eigenvalue weighted by Crippen LogP contribution is 2.48. The van der Waals surface area contributed by atoms with Gasteiger partial charge < -0.3 is 10.0 Å². The number of fused-ring (bicyclic) bond motifs is 1. The zero-order valence-electron chi connectivity index (χ0n) is 13.2. The van der Waals surface area contributed by atoms with E-state index in [1.54, 1.807) is 0 Å². The van der Waals surface area contributed by atoms with E-state index in [1.807, 2.05) is 0 Å². The van der Waals surface area contributed by atoms with Crippen molar-refractivity contribution < 1.29 is 28.0 Å². The van der Waals surface area contributed by atoms with Crippen LogP contribution < -0.4 is 0 Å². The van der Waals surface area contributed by atoms with E-state index in [0.717, 1.165) is 4.90 Å². The van der Waals surface area contributed by atoms with E-state index in [4.69, 9.17) is 0 Å². The SMILES string of the molecule is CC1(C)[C@H](C(=O)O)N2C(=O)/C(=C/c3ccc([N+](=O)[O-])cc3)[C@H]2S1(=O)=O. The van der Waals surface area contributed by atoms with Gasteiger partial charge in [0.25, 0.3) is 11.6 Å². The van der Waals surface area contributed by atoms with Crippen molar-refractivity contribution >= 4 is 33.5 Å². The lowest BCUT2D eigenvalue weighted by Gasteiger charge is -2.37. The number of carboxylic acid groups (broad SMARTS) is 1. The number of hydrogen-bond acceptors (Lipinski definition) is 6. The van der Waals surface area contributed by atoms with Crippen molar-refractivity contribution in [1.82, 2.24) is 4.90 Å². The molecule has 10 heteroatoms. The molecule has 2 atom stereocenters. The first-order chi connectivity index (χ1) is 11.5. The Labute approximate surface area is 142 Å². The third-order valence-electron chi connectivity index (χ3n) is 4.62. The summed E-state index contributed by atoms with van der Waals surface area (Å²) in [6, 6.07) is 3.80. The number of amides is 1. The molecule has 0 aromatic heterocycles. The van der Waals surface area contributed by atoms with Gasteiger partial charge in [0.2, 0.25) is 0 Å². The Kier molecular flexibility index (Phi) is 3.50. The van der Waals surface area contributed by atoms with Crippen LogP contribution in [0.4, 0.5) is 5.69 Å². The predicted molar refractivity (Wildman–Crippen MR) is 86.1 cm³/mol. The third kappa shape index (κ3) is 2.17. The second-order valence-corrected chi connectivity index (χ2v) is 8.99. The summed E-state index contributed by atoms with van der Waals surface area (Å²) in [6.45, 7) is 2.58. The number of carboxylic acids is 1. The molecule has 1 aromatic carbocycles. The van der Waals surface area contributed by atoms with Gasteiger partial charge in [0, 0.05) is 12.1 Å². The van der Waals surface area contributed by atoms with Gasteiger partial charge in [-0.1, -0.05) is 0 Å². The summed E-state index contributed by atoms with van der Waals surface area (Å²) in [7, 11) is -3.94. The Bertz CT molecular complexity index is 931. The van der Waals surface area contributed by atoms with Crippen LogP contribution in [0.25, 0.3) is 6.08 Å². The molecule has 0 spiro atoms. The molecule has 1 amide bonds. The number of carbonyl (C=O) groups excluding carboxylic acids is 1. The van der Waals surface area contributed by atoms with Gasteiger partial charge in [-0.15, -0.1) is 0 Å². The second-order valence-electron chi connectivity index (χ2n) is 6.40. The predicted octanol–water partition coefficient (Wildman–Crippen LogP) is 0.807. The smallest absolute Gasteiger partial charge is 0.328 e. The fraction of sp³-hybridized carbons (Fsp3) is 0.333. The Morgan fingerprint density at radius 2 is 1.88 bits per heavy atom. The Morgan fingerprint density at radius 3 is 2.36 bits per heavy atom. The minimum Gasteiger partial charge on any atom is -0.480 e. The Hall–Kier alpha value is -2.75. The molecule has 0 saturated carbocycles. The maximum Gasteiger partial charge on any atom is 0.328 e.